The SMILES string of the molecule is CN=C(NCCCCSC)NCCCc1nnc2n1CCCCC2. The van der Waals surface area contributed by atoms with Crippen molar-refractivity contribution in [1.29, 1.82) is 0 Å². The second-order valence-corrected chi connectivity index (χ2v) is 7.21. The van der Waals surface area contributed by atoms with Crippen molar-refractivity contribution < 1.29 is 0 Å². The Morgan fingerprint density at radius 3 is 2.75 bits per heavy atom. The van der Waals surface area contributed by atoms with Gasteiger partial charge in [-0.3, -0.25) is 4.99 Å². The number of hydrogen-bond donors (Lipinski definition) is 2. The number of fused-ring (bicyclic) bond motifs is 1. The van der Waals surface area contributed by atoms with Crippen molar-refractivity contribution >= 4 is 17.7 Å². The van der Waals surface area contributed by atoms with E-state index >= 15 is 0 Å². The van der Waals surface area contributed by atoms with Gasteiger partial charge < -0.3 is 15.2 Å². The maximum absolute atomic E-state index is 4.39. The highest BCUT2D eigenvalue weighted by Gasteiger charge is 2.14. The topological polar surface area (TPSA) is 67.1 Å². The lowest BCUT2D eigenvalue weighted by atomic mass is 10.2. The average Bonchev–Trinajstić information content (AvgIpc) is 2.83. The lowest BCUT2D eigenvalue weighted by molar-refractivity contribution is 0.593. The van der Waals surface area contributed by atoms with Crippen LogP contribution in [0.5, 0.6) is 0 Å². The Morgan fingerprint density at radius 2 is 1.96 bits per heavy atom. The maximum Gasteiger partial charge on any atom is 0.190 e. The fourth-order valence-electron chi connectivity index (χ4n) is 2.98. The quantitative estimate of drug-likeness (QED) is 0.405. The van der Waals surface area contributed by atoms with Crippen LogP contribution >= 0.6 is 11.8 Å². The Morgan fingerprint density at radius 1 is 1.12 bits per heavy atom. The van der Waals surface area contributed by atoms with E-state index in [1.54, 1.807) is 0 Å². The summed E-state index contributed by atoms with van der Waals surface area (Å²) in [5, 5.41) is 15.5. The number of unbranched alkanes of at least 4 members (excludes halogenated alkanes) is 1. The number of nitrogens with zero attached hydrogens (tertiary/aromatic N) is 4. The minimum Gasteiger partial charge on any atom is -0.356 e. The smallest absolute Gasteiger partial charge is 0.190 e. The van der Waals surface area contributed by atoms with Gasteiger partial charge in [0.05, 0.1) is 0 Å². The Hall–Kier alpha value is -1.24. The lowest BCUT2D eigenvalue weighted by Gasteiger charge is -2.12. The van der Waals surface area contributed by atoms with Crippen molar-refractivity contribution in [3.05, 3.63) is 11.6 Å². The molecular formula is C17H32N6S. The number of rotatable bonds is 9. The van der Waals surface area contributed by atoms with Gasteiger partial charge in [-0.1, -0.05) is 6.42 Å². The molecule has 1 aliphatic rings. The van der Waals surface area contributed by atoms with Crippen LogP contribution in [0.3, 0.4) is 0 Å². The van der Waals surface area contributed by atoms with Gasteiger partial charge in [-0.25, -0.2) is 0 Å². The van der Waals surface area contributed by atoms with Gasteiger partial charge in [-0.05, 0) is 44.1 Å². The highest BCUT2D eigenvalue weighted by molar-refractivity contribution is 7.98. The second-order valence-electron chi connectivity index (χ2n) is 6.22. The summed E-state index contributed by atoms with van der Waals surface area (Å²) >= 11 is 1.91. The third-order valence-electron chi connectivity index (χ3n) is 4.35. The Kier molecular flexibility index (Phi) is 9.02. The van der Waals surface area contributed by atoms with Crippen LogP contribution in [0.15, 0.2) is 4.99 Å². The van der Waals surface area contributed by atoms with Gasteiger partial charge >= 0.3 is 0 Å². The van der Waals surface area contributed by atoms with Gasteiger partial charge in [0.15, 0.2) is 5.96 Å². The zero-order valence-electron chi connectivity index (χ0n) is 15.2. The molecule has 0 aliphatic carbocycles. The molecule has 0 radical (unpaired) electrons. The van der Waals surface area contributed by atoms with Gasteiger partial charge in [-0.15, -0.1) is 10.2 Å². The van der Waals surface area contributed by atoms with Crippen molar-refractivity contribution in [3.63, 3.8) is 0 Å². The Balaban J connectivity index is 1.64. The molecule has 2 rings (SSSR count). The van der Waals surface area contributed by atoms with Crippen molar-refractivity contribution in [1.82, 2.24) is 25.4 Å². The van der Waals surface area contributed by atoms with Gasteiger partial charge in [0, 0.05) is 39.5 Å². The first-order chi connectivity index (χ1) is 11.8. The maximum atomic E-state index is 4.39. The summed E-state index contributed by atoms with van der Waals surface area (Å²) in [5.74, 6) is 4.46. The summed E-state index contributed by atoms with van der Waals surface area (Å²) in [6.07, 6.45) is 11.5. The fraction of sp³-hybridized carbons (Fsp3) is 0.824. The van der Waals surface area contributed by atoms with E-state index in [0.29, 0.717) is 0 Å². The molecule has 0 aromatic carbocycles. The molecule has 6 nitrogen and oxygen atoms in total. The number of aliphatic imine (C=N–C) groups is 1. The Labute approximate surface area is 150 Å². The minimum atomic E-state index is 0.902. The van der Waals surface area contributed by atoms with Crippen LogP contribution in [0.1, 0.15) is 50.2 Å². The molecule has 1 aliphatic heterocycles. The molecule has 136 valence electrons. The van der Waals surface area contributed by atoms with E-state index in [9.17, 15) is 0 Å². The predicted octanol–water partition coefficient (Wildman–Crippen LogP) is 2.25. The summed E-state index contributed by atoms with van der Waals surface area (Å²) in [5.41, 5.74) is 0. The molecule has 0 fully saturated rings. The van der Waals surface area contributed by atoms with Crippen LogP contribution in [-0.2, 0) is 19.4 Å². The molecule has 2 heterocycles. The van der Waals surface area contributed by atoms with Crippen LogP contribution in [-0.4, -0.2) is 52.9 Å². The van der Waals surface area contributed by atoms with Crippen molar-refractivity contribution in [3.8, 4) is 0 Å². The van der Waals surface area contributed by atoms with Crippen molar-refractivity contribution in [2.24, 2.45) is 4.99 Å². The molecule has 1 aromatic rings. The van der Waals surface area contributed by atoms with Gasteiger partial charge in [-0.2, -0.15) is 11.8 Å². The highest BCUT2D eigenvalue weighted by atomic mass is 32.2. The molecule has 0 saturated heterocycles. The third-order valence-corrected chi connectivity index (χ3v) is 5.04. The molecular weight excluding hydrogens is 320 g/mol. The summed E-state index contributed by atoms with van der Waals surface area (Å²) in [6, 6.07) is 0. The second kappa shape index (κ2) is 11.3. The van der Waals surface area contributed by atoms with Crippen LogP contribution in [0.25, 0.3) is 0 Å². The average molecular weight is 353 g/mol. The standard InChI is InChI=1S/C17H32N6S/c1-18-17(19-11-5-7-14-24-2)20-12-8-10-16-22-21-15-9-4-3-6-13-23(15)16/h3-14H2,1-2H3,(H2,18,19,20). The van der Waals surface area contributed by atoms with E-state index in [2.05, 4.69) is 36.6 Å². The number of hydrogen-bond acceptors (Lipinski definition) is 4. The van der Waals surface area contributed by atoms with E-state index in [0.717, 1.165) is 50.7 Å². The molecule has 7 heteroatoms. The number of nitrogens with one attached hydrogen (secondary N) is 2. The van der Waals surface area contributed by atoms with Gasteiger partial charge in [0.1, 0.15) is 11.6 Å². The minimum absolute atomic E-state index is 0.902. The normalized spacial score (nSPS) is 15.0. The number of aromatic nitrogens is 3. The first-order valence-electron chi connectivity index (χ1n) is 9.19. The summed E-state index contributed by atoms with van der Waals surface area (Å²) in [4.78, 5) is 4.28. The van der Waals surface area contributed by atoms with E-state index in [1.165, 1.54) is 43.7 Å². The first-order valence-corrected chi connectivity index (χ1v) is 10.6. The third kappa shape index (κ3) is 6.34. The monoisotopic (exact) mass is 352 g/mol. The molecule has 0 bridgehead atoms. The molecule has 24 heavy (non-hydrogen) atoms. The molecule has 0 unspecified atom stereocenters. The highest BCUT2D eigenvalue weighted by Crippen LogP contribution is 2.15. The zero-order valence-corrected chi connectivity index (χ0v) is 16.0. The number of thioether (sulfide) groups is 1. The molecule has 0 atom stereocenters. The summed E-state index contributed by atoms with van der Waals surface area (Å²) in [7, 11) is 1.83. The van der Waals surface area contributed by atoms with Crippen molar-refractivity contribution in [2.75, 3.05) is 32.1 Å². The number of guanidine groups is 1. The van der Waals surface area contributed by atoms with Crippen molar-refractivity contribution in [2.45, 2.75) is 57.9 Å². The Bertz CT molecular complexity index is 499. The molecule has 0 amide bonds. The van der Waals surface area contributed by atoms with Crippen LogP contribution in [0.4, 0.5) is 0 Å². The van der Waals surface area contributed by atoms with Crippen LogP contribution < -0.4 is 10.6 Å². The van der Waals surface area contributed by atoms with E-state index in [-0.39, 0.29) is 0 Å². The molecule has 2 N–H and O–H groups in total. The largest absolute Gasteiger partial charge is 0.356 e. The summed E-state index contributed by atoms with van der Waals surface area (Å²) < 4.78 is 2.34. The van der Waals surface area contributed by atoms with E-state index in [4.69, 9.17) is 0 Å². The molecule has 0 spiro atoms. The van der Waals surface area contributed by atoms with Gasteiger partial charge in [0.2, 0.25) is 0 Å². The van der Waals surface area contributed by atoms with Crippen LogP contribution in [0, 0.1) is 0 Å². The van der Waals surface area contributed by atoms with Gasteiger partial charge in [0.25, 0.3) is 0 Å². The number of aryl methyl sites for hydroxylation is 2. The summed E-state index contributed by atoms with van der Waals surface area (Å²) in [6.45, 7) is 2.98. The van der Waals surface area contributed by atoms with E-state index in [1.807, 2.05) is 18.8 Å². The first kappa shape index (κ1) is 19.1. The van der Waals surface area contributed by atoms with Crippen LogP contribution in [0.2, 0.25) is 0 Å². The lowest BCUT2D eigenvalue weighted by Crippen LogP contribution is -2.38. The molecule has 1 aromatic heterocycles. The predicted molar refractivity (Wildman–Crippen MR) is 103 cm³/mol. The fourth-order valence-corrected chi connectivity index (χ4v) is 3.48. The van der Waals surface area contributed by atoms with E-state index < -0.39 is 0 Å². The molecule has 0 saturated carbocycles. The zero-order chi connectivity index (χ0) is 17.0.